The summed E-state index contributed by atoms with van der Waals surface area (Å²) in [5, 5.41) is 21.5. The first-order valence-corrected chi connectivity index (χ1v) is 14.5. The lowest BCUT2D eigenvalue weighted by atomic mass is 9.76. The monoisotopic (exact) mass is 602 g/mol. The maximum atomic E-state index is 13.6. The topological polar surface area (TPSA) is 151 Å². The average Bonchev–Trinajstić information content (AvgIpc) is 3.58. The van der Waals surface area contributed by atoms with Crippen molar-refractivity contribution in [1.82, 2.24) is 34.4 Å². The molecule has 4 atom stereocenters. The van der Waals surface area contributed by atoms with Gasteiger partial charge in [-0.25, -0.2) is 19.9 Å². The van der Waals surface area contributed by atoms with Crippen LogP contribution in [0, 0.1) is 5.92 Å². The molecule has 1 aliphatic heterocycles. The summed E-state index contributed by atoms with van der Waals surface area (Å²) in [5.41, 5.74) is 9.55. The van der Waals surface area contributed by atoms with Crippen molar-refractivity contribution in [3.63, 3.8) is 0 Å². The molecule has 11 nitrogen and oxygen atoms in total. The summed E-state index contributed by atoms with van der Waals surface area (Å²) in [6.45, 7) is 5.16. The van der Waals surface area contributed by atoms with E-state index in [1.807, 2.05) is 6.07 Å². The number of hydrogen-bond donors (Lipinski definition) is 4. The summed E-state index contributed by atoms with van der Waals surface area (Å²) in [5.74, 6) is 1.27. The van der Waals surface area contributed by atoms with Crippen LogP contribution in [0.1, 0.15) is 57.6 Å². The maximum Gasteiger partial charge on any atom is 0.401 e. The highest BCUT2D eigenvalue weighted by molar-refractivity contribution is 5.81. The van der Waals surface area contributed by atoms with E-state index in [1.54, 1.807) is 0 Å². The third kappa shape index (κ3) is 6.06. The van der Waals surface area contributed by atoms with Gasteiger partial charge in [0.25, 0.3) is 0 Å². The quantitative estimate of drug-likeness (QED) is 0.238. The standard InChI is InChI=1S/C29H37F3N8O3/c1-28(2,3)16-5-6-18-19(10-16)38-21(37-18)7-4-15-8-17(9-15)39(12-29(30,31)32)11-20-23(41)24(42)27(43-20)40-14-36-22-25(33)34-13-35-26(22)40/h5-6,10,13-15,17,20,23-24,27,41-42H,4,7-9,11-12H2,1-3H3,(H,37,38)(H2,33,34,35)/t15-,17+,20-,23-,24-,27-/m1/s1. The number of hydrogen-bond acceptors (Lipinski definition) is 9. The number of aliphatic hydroxyl groups excluding tert-OH is 2. The number of benzene rings is 1. The predicted octanol–water partition coefficient (Wildman–Crippen LogP) is 3.48. The second-order valence-electron chi connectivity index (χ2n) is 12.9. The van der Waals surface area contributed by atoms with Gasteiger partial charge in [0.2, 0.25) is 0 Å². The molecule has 1 saturated carbocycles. The van der Waals surface area contributed by atoms with Gasteiger partial charge in [-0.3, -0.25) is 9.47 Å². The number of nitrogens with one attached hydrogen (secondary N) is 1. The molecule has 0 spiro atoms. The number of halogens is 3. The van der Waals surface area contributed by atoms with E-state index < -0.39 is 37.3 Å². The zero-order chi connectivity index (χ0) is 30.7. The Bertz CT molecular complexity index is 1590. The summed E-state index contributed by atoms with van der Waals surface area (Å²) in [6.07, 6.45) is -4.06. The number of imidazole rings is 2. The fourth-order valence-corrected chi connectivity index (χ4v) is 6.19. The van der Waals surface area contributed by atoms with E-state index in [0.29, 0.717) is 24.8 Å². The van der Waals surface area contributed by atoms with Crippen LogP contribution < -0.4 is 5.73 Å². The molecule has 1 saturated heterocycles. The lowest BCUT2D eigenvalue weighted by Gasteiger charge is -2.44. The predicted molar refractivity (Wildman–Crippen MR) is 153 cm³/mol. The van der Waals surface area contributed by atoms with Gasteiger partial charge in [0.15, 0.2) is 17.7 Å². The van der Waals surface area contributed by atoms with E-state index >= 15 is 0 Å². The average molecular weight is 603 g/mol. The highest BCUT2D eigenvalue weighted by atomic mass is 19.4. The molecular weight excluding hydrogens is 565 g/mol. The largest absolute Gasteiger partial charge is 0.401 e. The van der Waals surface area contributed by atoms with Crippen LogP contribution in [0.4, 0.5) is 19.0 Å². The minimum Gasteiger partial charge on any atom is -0.387 e. The Morgan fingerprint density at radius 1 is 1.12 bits per heavy atom. The molecule has 2 aliphatic rings. The highest BCUT2D eigenvalue weighted by Crippen LogP contribution is 2.39. The number of nitrogens with zero attached hydrogens (tertiary/aromatic N) is 6. The summed E-state index contributed by atoms with van der Waals surface area (Å²) < 4.78 is 48.2. The number of aromatic amines is 1. The van der Waals surface area contributed by atoms with Crippen LogP contribution in [0.3, 0.4) is 0 Å². The second-order valence-corrected chi connectivity index (χ2v) is 12.9. The highest BCUT2D eigenvalue weighted by Gasteiger charge is 2.47. The number of anilines is 1. The van der Waals surface area contributed by atoms with Gasteiger partial charge in [-0.15, -0.1) is 0 Å². The third-order valence-corrected chi connectivity index (χ3v) is 8.71. The van der Waals surface area contributed by atoms with Crippen molar-refractivity contribution in [3.8, 4) is 0 Å². The first-order chi connectivity index (χ1) is 20.3. The van der Waals surface area contributed by atoms with Crippen LogP contribution in [-0.4, -0.2) is 88.2 Å². The van der Waals surface area contributed by atoms with Crippen molar-refractivity contribution in [3.05, 3.63) is 42.2 Å². The third-order valence-electron chi connectivity index (χ3n) is 8.71. The number of ether oxygens (including phenoxy) is 1. The molecule has 3 aromatic heterocycles. The minimum atomic E-state index is -4.43. The van der Waals surface area contributed by atoms with Crippen LogP contribution in [0.2, 0.25) is 0 Å². The number of aliphatic hydroxyl groups is 2. The molecular formula is C29H37F3N8O3. The molecule has 0 radical (unpaired) electrons. The van der Waals surface area contributed by atoms with Crippen LogP contribution in [-0.2, 0) is 16.6 Å². The van der Waals surface area contributed by atoms with Gasteiger partial charge in [-0.2, -0.15) is 13.2 Å². The van der Waals surface area contributed by atoms with E-state index in [1.165, 1.54) is 27.7 Å². The molecule has 2 fully saturated rings. The van der Waals surface area contributed by atoms with Gasteiger partial charge in [-0.1, -0.05) is 26.8 Å². The van der Waals surface area contributed by atoms with Crippen LogP contribution in [0.15, 0.2) is 30.9 Å². The molecule has 6 rings (SSSR count). The lowest BCUT2D eigenvalue weighted by molar-refractivity contribution is -0.163. The normalized spacial score (nSPS) is 26.5. The zero-order valence-corrected chi connectivity index (χ0v) is 24.3. The Morgan fingerprint density at radius 2 is 1.88 bits per heavy atom. The van der Waals surface area contributed by atoms with Gasteiger partial charge in [0, 0.05) is 19.0 Å². The zero-order valence-electron chi connectivity index (χ0n) is 24.3. The van der Waals surface area contributed by atoms with Crippen molar-refractivity contribution >= 4 is 28.0 Å². The number of H-pyrrole nitrogens is 1. The van der Waals surface area contributed by atoms with Gasteiger partial charge >= 0.3 is 6.18 Å². The molecule has 0 unspecified atom stereocenters. The van der Waals surface area contributed by atoms with Crippen LogP contribution in [0.5, 0.6) is 0 Å². The molecule has 43 heavy (non-hydrogen) atoms. The summed E-state index contributed by atoms with van der Waals surface area (Å²) in [6, 6.07) is 5.93. The fraction of sp³-hybridized carbons (Fsp3) is 0.586. The van der Waals surface area contributed by atoms with Crippen molar-refractivity contribution in [1.29, 1.82) is 0 Å². The van der Waals surface area contributed by atoms with Gasteiger partial charge in [0.05, 0.1) is 23.9 Å². The summed E-state index contributed by atoms with van der Waals surface area (Å²) >= 11 is 0. The van der Waals surface area contributed by atoms with E-state index in [4.69, 9.17) is 15.5 Å². The fourth-order valence-electron chi connectivity index (χ4n) is 6.19. The van der Waals surface area contributed by atoms with E-state index in [9.17, 15) is 23.4 Å². The molecule has 0 bridgehead atoms. The molecule has 4 heterocycles. The smallest absolute Gasteiger partial charge is 0.387 e. The second kappa shape index (κ2) is 11.0. The van der Waals surface area contributed by atoms with Gasteiger partial charge in [-0.05, 0) is 48.3 Å². The van der Waals surface area contributed by atoms with Crippen molar-refractivity contribution < 1.29 is 28.1 Å². The number of nitrogens with two attached hydrogens (primary N) is 1. The number of alkyl halides is 3. The van der Waals surface area contributed by atoms with Crippen molar-refractivity contribution in [2.75, 3.05) is 18.8 Å². The molecule has 4 aromatic rings. The number of rotatable bonds is 8. The van der Waals surface area contributed by atoms with E-state index in [0.717, 1.165) is 23.3 Å². The molecule has 1 aliphatic carbocycles. The minimum absolute atomic E-state index is 0.0203. The maximum absolute atomic E-state index is 13.6. The number of aromatic nitrogens is 6. The first kappa shape index (κ1) is 29.7. The Morgan fingerprint density at radius 3 is 2.60 bits per heavy atom. The SMILES string of the molecule is CC(C)(C)c1ccc2[nH]c(CC[C@H]3C[C@@H](N(C[C@H]4O[C@@H](n5cnc6c(N)ncnc65)[C@H](O)[C@@H]4O)CC(F)(F)F)C3)nc2c1. The molecule has 0 amide bonds. The Labute approximate surface area is 246 Å². The van der Waals surface area contributed by atoms with Gasteiger partial charge < -0.3 is 25.7 Å². The lowest BCUT2D eigenvalue weighted by Crippen LogP contribution is -2.52. The Kier molecular flexibility index (Phi) is 7.60. The Balaban J connectivity index is 1.08. The van der Waals surface area contributed by atoms with Crippen LogP contribution in [0.25, 0.3) is 22.2 Å². The summed E-state index contributed by atoms with van der Waals surface area (Å²) in [4.78, 5) is 21.6. The number of nitrogen functional groups attached to an aromatic ring is 1. The van der Waals surface area contributed by atoms with E-state index in [-0.39, 0.29) is 35.4 Å². The number of fused-ring (bicyclic) bond motifs is 2. The number of aryl methyl sites for hydroxylation is 1. The first-order valence-electron chi connectivity index (χ1n) is 14.5. The molecule has 14 heteroatoms. The van der Waals surface area contributed by atoms with Gasteiger partial charge in [0.1, 0.15) is 36.0 Å². The molecule has 5 N–H and O–H groups in total. The van der Waals surface area contributed by atoms with E-state index in [2.05, 4.69) is 52.8 Å². The summed E-state index contributed by atoms with van der Waals surface area (Å²) in [7, 11) is 0. The molecule has 1 aromatic carbocycles. The van der Waals surface area contributed by atoms with Crippen molar-refractivity contribution in [2.45, 2.75) is 88.6 Å². The molecule has 232 valence electrons. The van der Waals surface area contributed by atoms with Crippen molar-refractivity contribution in [2.24, 2.45) is 5.92 Å². The van der Waals surface area contributed by atoms with Crippen LogP contribution >= 0.6 is 0 Å². The Hall–Kier alpha value is -3.33.